The van der Waals surface area contributed by atoms with Gasteiger partial charge >= 0.3 is 6.09 Å². The molecule has 1 N–H and O–H groups in total. The monoisotopic (exact) mass is 235 g/mol. The van der Waals surface area contributed by atoms with Gasteiger partial charge in [-0.15, -0.1) is 0 Å². The van der Waals surface area contributed by atoms with E-state index in [4.69, 9.17) is 16.3 Å². The molecule has 0 aromatic rings. The summed E-state index contributed by atoms with van der Waals surface area (Å²) in [5.74, 6) is 0. The van der Waals surface area contributed by atoms with Gasteiger partial charge in [0, 0.05) is 13.0 Å². The van der Waals surface area contributed by atoms with Crippen molar-refractivity contribution < 1.29 is 14.3 Å². The fraction of sp³-hybridized carbons (Fsp3) is 0.800. The Hall–Kier alpha value is -0.770. The highest BCUT2D eigenvalue weighted by atomic mass is 35.5. The number of carbonyl (C=O) groups is 2. The molecule has 0 aliphatic rings. The Kier molecular flexibility index (Phi) is 6.32. The third-order valence-electron chi connectivity index (χ3n) is 1.47. The summed E-state index contributed by atoms with van der Waals surface area (Å²) in [6, 6.07) is 0. The lowest BCUT2D eigenvalue weighted by Gasteiger charge is -2.19. The number of carbonyl (C=O) groups excluding carboxylic acids is 2. The van der Waals surface area contributed by atoms with Gasteiger partial charge in [0.2, 0.25) is 5.24 Å². The summed E-state index contributed by atoms with van der Waals surface area (Å²) < 4.78 is 5.02. The lowest BCUT2D eigenvalue weighted by atomic mass is 10.2. The van der Waals surface area contributed by atoms with Gasteiger partial charge in [-0.1, -0.05) is 0 Å². The number of hydrogen-bond donors (Lipinski definition) is 1. The molecule has 0 rings (SSSR count). The fourth-order valence-electron chi connectivity index (χ4n) is 0.894. The molecule has 0 bridgehead atoms. The number of unbranched alkanes of at least 4 members (excludes halogenated alkanes) is 1. The predicted molar refractivity (Wildman–Crippen MR) is 58.9 cm³/mol. The Morgan fingerprint density at radius 2 is 1.87 bits per heavy atom. The van der Waals surface area contributed by atoms with Crippen LogP contribution in [0.5, 0.6) is 0 Å². The van der Waals surface area contributed by atoms with Crippen molar-refractivity contribution >= 4 is 22.9 Å². The van der Waals surface area contributed by atoms with Crippen molar-refractivity contribution in [2.45, 2.75) is 45.6 Å². The molecule has 0 heterocycles. The zero-order valence-corrected chi connectivity index (χ0v) is 10.2. The van der Waals surface area contributed by atoms with Crippen LogP contribution >= 0.6 is 11.6 Å². The number of nitrogens with one attached hydrogen (secondary N) is 1. The van der Waals surface area contributed by atoms with Gasteiger partial charge < -0.3 is 10.1 Å². The molecular weight excluding hydrogens is 218 g/mol. The maximum atomic E-state index is 11.1. The van der Waals surface area contributed by atoms with Crippen molar-refractivity contribution in [1.29, 1.82) is 0 Å². The van der Waals surface area contributed by atoms with Crippen LogP contribution in [0.15, 0.2) is 0 Å². The van der Waals surface area contributed by atoms with Gasteiger partial charge in [0.15, 0.2) is 0 Å². The average molecular weight is 236 g/mol. The van der Waals surface area contributed by atoms with Crippen LogP contribution in [0.2, 0.25) is 0 Å². The number of halogens is 1. The molecule has 0 fully saturated rings. The summed E-state index contributed by atoms with van der Waals surface area (Å²) in [7, 11) is 0. The first kappa shape index (κ1) is 14.2. The third kappa shape index (κ3) is 11.2. The number of ether oxygens (including phenoxy) is 1. The van der Waals surface area contributed by atoms with E-state index < -0.39 is 11.7 Å². The SMILES string of the molecule is CC(C)(C)OC(=O)NCCCCC(=O)Cl. The van der Waals surface area contributed by atoms with Crippen molar-refractivity contribution in [3.63, 3.8) is 0 Å². The van der Waals surface area contributed by atoms with E-state index in [1.54, 1.807) is 20.8 Å². The first-order valence-corrected chi connectivity index (χ1v) is 5.34. The summed E-state index contributed by atoms with van der Waals surface area (Å²) in [4.78, 5) is 21.5. The van der Waals surface area contributed by atoms with Crippen LogP contribution in [-0.2, 0) is 9.53 Å². The zero-order chi connectivity index (χ0) is 11.9. The second kappa shape index (κ2) is 6.67. The molecule has 0 spiro atoms. The molecule has 0 aromatic carbocycles. The molecule has 88 valence electrons. The Balaban J connectivity index is 3.44. The van der Waals surface area contributed by atoms with Gasteiger partial charge in [-0.05, 0) is 45.2 Å². The average Bonchev–Trinajstić information content (AvgIpc) is 1.99. The molecule has 1 amide bonds. The van der Waals surface area contributed by atoms with Crippen molar-refractivity contribution in [3.8, 4) is 0 Å². The first-order chi connectivity index (χ1) is 6.81. The largest absolute Gasteiger partial charge is 0.444 e. The summed E-state index contributed by atoms with van der Waals surface area (Å²) in [5.41, 5.74) is -0.476. The van der Waals surface area contributed by atoms with E-state index in [0.29, 0.717) is 19.4 Å². The highest BCUT2D eigenvalue weighted by Gasteiger charge is 2.15. The Bertz CT molecular complexity index is 223. The second-order valence-corrected chi connectivity index (χ2v) is 4.66. The topological polar surface area (TPSA) is 55.4 Å². The minimum Gasteiger partial charge on any atom is -0.444 e. The van der Waals surface area contributed by atoms with E-state index >= 15 is 0 Å². The van der Waals surface area contributed by atoms with Gasteiger partial charge in [-0.3, -0.25) is 4.79 Å². The van der Waals surface area contributed by atoms with Crippen LogP contribution in [-0.4, -0.2) is 23.5 Å². The lowest BCUT2D eigenvalue weighted by molar-refractivity contribution is -0.111. The van der Waals surface area contributed by atoms with Crippen molar-refractivity contribution in [3.05, 3.63) is 0 Å². The molecule has 0 atom stereocenters. The van der Waals surface area contributed by atoms with E-state index in [-0.39, 0.29) is 5.24 Å². The lowest BCUT2D eigenvalue weighted by Crippen LogP contribution is -2.33. The number of alkyl carbamates (subject to hydrolysis) is 1. The smallest absolute Gasteiger partial charge is 0.407 e. The Morgan fingerprint density at radius 3 is 2.33 bits per heavy atom. The molecule has 0 aromatic heterocycles. The summed E-state index contributed by atoms with van der Waals surface area (Å²) in [6.45, 7) is 5.91. The first-order valence-electron chi connectivity index (χ1n) is 4.96. The van der Waals surface area contributed by atoms with Gasteiger partial charge in [0.1, 0.15) is 5.60 Å². The van der Waals surface area contributed by atoms with Crippen LogP contribution in [0.25, 0.3) is 0 Å². The summed E-state index contributed by atoms with van der Waals surface area (Å²) in [6.07, 6.45) is 1.31. The van der Waals surface area contributed by atoms with Crippen LogP contribution in [0.3, 0.4) is 0 Å². The molecule has 0 aliphatic carbocycles. The van der Waals surface area contributed by atoms with Crippen molar-refractivity contribution in [1.82, 2.24) is 5.32 Å². The van der Waals surface area contributed by atoms with Gasteiger partial charge in [0.25, 0.3) is 0 Å². The normalized spacial score (nSPS) is 10.9. The minimum absolute atomic E-state index is 0.340. The Labute approximate surface area is 95.3 Å². The van der Waals surface area contributed by atoms with E-state index in [1.165, 1.54) is 0 Å². The molecule has 0 aliphatic heterocycles. The third-order valence-corrected chi connectivity index (χ3v) is 1.66. The maximum Gasteiger partial charge on any atom is 0.407 e. The maximum absolute atomic E-state index is 11.1. The standard InChI is InChI=1S/C10H18ClNO3/c1-10(2,3)15-9(14)12-7-5-4-6-8(11)13/h4-7H2,1-3H3,(H,12,14). The van der Waals surface area contributed by atoms with Crippen LogP contribution < -0.4 is 5.32 Å². The molecule has 0 unspecified atom stereocenters. The predicted octanol–water partition coefficient (Wildman–Crippen LogP) is 2.45. The molecule has 4 nitrogen and oxygen atoms in total. The van der Waals surface area contributed by atoms with Crippen LogP contribution in [0.4, 0.5) is 4.79 Å². The van der Waals surface area contributed by atoms with Gasteiger partial charge in [-0.2, -0.15) is 0 Å². The molecule has 0 saturated carbocycles. The second-order valence-electron chi connectivity index (χ2n) is 4.24. The van der Waals surface area contributed by atoms with E-state index in [2.05, 4.69) is 5.32 Å². The number of amides is 1. The molecule has 15 heavy (non-hydrogen) atoms. The quantitative estimate of drug-likeness (QED) is 0.588. The zero-order valence-electron chi connectivity index (χ0n) is 9.43. The van der Waals surface area contributed by atoms with E-state index in [0.717, 1.165) is 6.42 Å². The minimum atomic E-state index is -0.476. The molecule has 5 heteroatoms. The van der Waals surface area contributed by atoms with Crippen LogP contribution in [0, 0.1) is 0 Å². The Morgan fingerprint density at radius 1 is 1.27 bits per heavy atom. The molecule has 0 saturated heterocycles. The number of rotatable bonds is 5. The molecular formula is C10H18ClNO3. The summed E-state index contributed by atoms with van der Waals surface area (Å²) in [5, 5.41) is 2.26. The molecule has 0 radical (unpaired) electrons. The van der Waals surface area contributed by atoms with Crippen molar-refractivity contribution in [2.24, 2.45) is 0 Å². The van der Waals surface area contributed by atoms with Crippen LogP contribution in [0.1, 0.15) is 40.0 Å². The fourth-order valence-corrected chi connectivity index (χ4v) is 1.03. The van der Waals surface area contributed by atoms with Gasteiger partial charge in [0.05, 0.1) is 0 Å². The van der Waals surface area contributed by atoms with E-state index in [9.17, 15) is 9.59 Å². The van der Waals surface area contributed by atoms with Crippen molar-refractivity contribution in [2.75, 3.05) is 6.54 Å². The highest BCUT2D eigenvalue weighted by molar-refractivity contribution is 6.63. The van der Waals surface area contributed by atoms with Gasteiger partial charge in [-0.25, -0.2) is 4.79 Å². The summed E-state index contributed by atoms with van der Waals surface area (Å²) >= 11 is 5.16. The highest BCUT2D eigenvalue weighted by Crippen LogP contribution is 2.06. The number of hydrogen-bond acceptors (Lipinski definition) is 3. The van der Waals surface area contributed by atoms with E-state index in [1.807, 2.05) is 0 Å².